The monoisotopic (exact) mass is 460 g/mol. The molecule has 1 aliphatic rings. The van der Waals surface area contributed by atoms with Crippen LogP contribution >= 0.6 is 0 Å². The molecule has 0 bridgehead atoms. The van der Waals surface area contributed by atoms with E-state index in [1.165, 1.54) is 30.2 Å². The minimum absolute atomic E-state index is 0.00613. The molecule has 2 aromatic rings. The van der Waals surface area contributed by atoms with Crippen LogP contribution in [0.2, 0.25) is 0 Å². The van der Waals surface area contributed by atoms with Gasteiger partial charge in [0.25, 0.3) is 11.2 Å². The lowest BCUT2D eigenvalue weighted by Crippen LogP contribution is -2.56. The molecule has 0 unspecified atom stereocenters. The summed E-state index contributed by atoms with van der Waals surface area (Å²) in [6.45, 7) is 2.06. The van der Waals surface area contributed by atoms with Gasteiger partial charge < -0.3 is 20.2 Å². The highest BCUT2D eigenvalue weighted by atomic mass is 16.6. The Morgan fingerprint density at radius 1 is 1.18 bits per heavy atom. The van der Waals surface area contributed by atoms with Crippen molar-refractivity contribution in [2.45, 2.75) is 19.5 Å². The first-order valence-electron chi connectivity index (χ1n) is 10.2. The number of benzene rings is 1. The van der Waals surface area contributed by atoms with Crippen molar-refractivity contribution >= 4 is 23.2 Å². The molecular formula is C20H24N6O7. The first kappa shape index (κ1) is 23.7. The number of aryl methyl sites for hydroxylation is 1. The predicted molar refractivity (Wildman–Crippen MR) is 117 cm³/mol. The highest BCUT2D eigenvalue weighted by molar-refractivity contribution is 5.88. The third-order valence-electron chi connectivity index (χ3n) is 5.34. The van der Waals surface area contributed by atoms with Crippen LogP contribution in [0.15, 0.2) is 40.1 Å². The van der Waals surface area contributed by atoms with Gasteiger partial charge in [-0.05, 0) is 19.1 Å². The van der Waals surface area contributed by atoms with Crippen molar-refractivity contribution in [1.29, 1.82) is 0 Å². The number of nitro groups is 1. The standard InChI is InChI=1S/C20H24N6O7/c1-13-10-25(20(31)22-18(13)29)11-17(28)21-16(12-27)19(30)24-8-6-23(7-9-24)14-2-4-15(5-3-14)26(32)33/h2-5,10,16,27H,6-9,11-12H2,1H3,(H,21,28)(H,22,29,31)/t16-/m0/s1. The molecule has 1 fully saturated rings. The van der Waals surface area contributed by atoms with Gasteiger partial charge in [-0.2, -0.15) is 0 Å². The summed E-state index contributed by atoms with van der Waals surface area (Å²) in [6.07, 6.45) is 1.24. The van der Waals surface area contributed by atoms with Gasteiger partial charge in [0.05, 0.1) is 11.5 Å². The number of nitro benzene ring substituents is 1. The van der Waals surface area contributed by atoms with E-state index in [-0.39, 0.29) is 11.3 Å². The van der Waals surface area contributed by atoms with E-state index < -0.39 is 47.2 Å². The molecule has 3 rings (SSSR count). The van der Waals surface area contributed by atoms with Gasteiger partial charge in [-0.25, -0.2) is 4.79 Å². The van der Waals surface area contributed by atoms with E-state index in [9.17, 15) is 34.4 Å². The number of carbonyl (C=O) groups is 2. The molecule has 13 nitrogen and oxygen atoms in total. The Hall–Kier alpha value is -4.00. The fourth-order valence-corrected chi connectivity index (χ4v) is 3.51. The minimum Gasteiger partial charge on any atom is -0.394 e. The van der Waals surface area contributed by atoms with E-state index in [1.807, 2.05) is 4.90 Å². The Kier molecular flexibility index (Phi) is 7.23. The van der Waals surface area contributed by atoms with Crippen LogP contribution in [-0.2, 0) is 16.1 Å². The zero-order valence-electron chi connectivity index (χ0n) is 17.9. The number of nitrogens with zero attached hydrogens (tertiary/aromatic N) is 4. The van der Waals surface area contributed by atoms with Gasteiger partial charge >= 0.3 is 5.69 Å². The number of aliphatic hydroxyl groups is 1. The zero-order chi connectivity index (χ0) is 24.1. The molecule has 33 heavy (non-hydrogen) atoms. The van der Waals surface area contributed by atoms with Crippen LogP contribution < -0.4 is 21.5 Å². The summed E-state index contributed by atoms with van der Waals surface area (Å²) in [5, 5.41) is 22.8. The number of carbonyl (C=O) groups excluding carboxylic acids is 2. The van der Waals surface area contributed by atoms with Crippen LogP contribution in [0, 0.1) is 17.0 Å². The van der Waals surface area contributed by atoms with Gasteiger partial charge in [-0.3, -0.25) is 34.0 Å². The summed E-state index contributed by atoms with van der Waals surface area (Å²) in [4.78, 5) is 64.3. The molecule has 176 valence electrons. The largest absolute Gasteiger partial charge is 0.394 e. The summed E-state index contributed by atoms with van der Waals surface area (Å²) < 4.78 is 1.01. The second kappa shape index (κ2) is 10.1. The van der Waals surface area contributed by atoms with Gasteiger partial charge in [-0.1, -0.05) is 0 Å². The number of aromatic amines is 1. The molecule has 1 atom stereocenters. The molecule has 1 aromatic carbocycles. The van der Waals surface area contributed by atoms with Gasteiger partial charge in [0.15, 0.2) is 0 Å². The first-order valence-corrected chi connectivity index (χ1v) is 10.2. The van der Waals surface area contributed by atoms with Crippen LogP contribution in [0.4, 0.5) is 11.4 Å². The molecule has 1 aromatic heterocycles. The Labute approximate surface area is 187 Å². The number of non-ortho nitro benzene ring substituents is 1. The van der Waals surface area contributed by atoms with Crippen molar-refractivity contribution < 1.29 is 19.6 Å². The van der Waals surface area contributed by atoms with Crippen molar-refractivity contribution in [3.63, 3.8) is 0 Å². The second-order valence-electron chi connectivity index (χ2n) is 7.59. The Morgan fingerprint density at radius 3 is 2.39 bits per heavy atom. The lowest BCUT2D eigenvalue weighted by atomic mass is 10.2. The van der Waals surface area contributed by atoms with E-state index in [1.54, 1.807) is 12.1 Å². The van der Waals surface area contributed by atoms with Crippen molar-refractivity contribution in [3.8, 4) is 0 Å². The molecule has 2 heterocycles. The highest BCUT2D eigenvalue weighted by Crippen LogP contribution is 2.20. The maximum atomic E-state index is 12.8. The molecule has 0 aliphatic carbocycles. The average Bonchev–Trinajstić information content (AvgIpc) is 2.80. The Morgan fingerprint density at radius 2 is 1.82 bits per heavy atom. The Bertz CT molecular complexity index is 1150. The quantitative estimate of drug-likeness (QED) is 0.334. The van der Waals surface area contributed by atoms with Gasteiger partial charge in [0, 0.05) is 55.8 Å². The predicted octanol–water partition coefficient (Wildman–Crippen LogP) is -1.42. The number of H-pyrrole nitrogens is 1. The van der Waals surface area contributed by atoms with Crippen LogP contribution in [-0.4, -0.2) is 75.1 Å². The van der Waals surface area contributed by atoms with E-state index in [2.05, 4.69) is 10.3 Å². The second-order valence-corrected chi connectivity index (χ2v) is 7.59. The van der Waals surface area contributed by atoms with E-state index >= 15 is 0 Å². The number of hydrogen-bond acceptors (Lipinski definition) is 8. The summed E-state index contributed by atoms with van der Waals surface area (Å²) in [5.41, 5.74) is -0.263. The normalized spacial score (nSPS) is 14.6. The fourth-order valence-electron chi connectivity index (χ4n) is 3.51. The number of piperazine rings is 1. The summed E-state index contributed by atoms with van der Waals surface area (Å²) >= 11 is 0. The van der Waals surface area contributed by atoms with Crippen molar-refractivity contribution in [2.75, 3.05) is 37.7 Å². The zero-order valence-corrected chi connectivity index (χ0v) is 17.9. The fraction of sp³-hybridized carbons (Fsp3) is 0.400. The summed E-state index contributed by atoms with van der Waals surface area (Å²) in [7, 11) is 0. The smallest absolute Gasteiger partial charge is 0.328 e. The summed E-state index contributed by atoms with van der Waals surface area (Å²) in [5.74, 6) is -1.13. The van der Waals surface area contributed by atoms with E-state index in [0.717, 1.165) is 10.3 Å². The van der Waals surface area contributed by atoms with E-state index in [4.69, 9.17) is 0 Å². The molecule has 0 saturated carbocycles. The van der Waals surface area contributed by atoms with Crippen LogP contribution in [0.1, 0.15) is 5.56 Å². The molecule has 0 spiro atoms. The molecule has 0 radical (unpaired) electrons. The maximum Gasteiger partial charge on any atom is 0.328 e. The number of anilines is 1. The third kappa shape index (κ3) is 5.63. The van der Waals surface area contributed by atoms with Crippen LogP contribution in [0.3, 0.4) is 0 Å². The molecule has 2 amide bonds. The number of hydrogen-bond donors (Lipinski definition) is 3. The molecular weight excluding hydrogens is 436 g/mol. The minimum atomic E-state index is -1.18. The van der Waals surface area contributed by atoms with Gasteiger partial charge in [-0.15, -0.1) is 0 Å². The average molecular weight is 460 g/mol. The van der Waals surface area contributed by atoms with Crippen molar-refractivity contribution in [3.05, 3.63) is 67.0 Å². The number of aromatic nitrogens is 2. The van der Waals surface area contributed by atoms with Crippen molar-refractivity contribution in [1.82, 2.24) is 19.8 Å². The lowest BCUT2D eigenvalue weighted by molar-refractivity contribution is -0.384. The summed E-state index contributed by atoms with van der Waals surface area (Å²) in [6, 6.07) is 4.95. The number of amides is 2. The maximum absolute atomic E-state index is 12.8. The Balaban J connectivity index is 1.56. The first-order chi connectivity index (χ1) is 15.7. The van der Waals surface area contributed by atoms with Crippen LogP contribution in [0.25, 0.3) is 0 Å². The van der Waals surface area contributed by atoms with Crippen LogP contribution in [0.5, 0.6) is 0 Å². The molecule has 3 N–H and O–H groups in total. The number of nitrogens with one attached hydrogen (secondary N) is 2. The number of aliphatic hydroxyl groups excluding tert-OH is 1. The van der Waals surface area contributed by atoms with Crippen molar-refractivity contribution in [2.24, 2.45) is 0 Å². The van der Waals surface area contributed by atoms with E-state index in [0.29, 0.717) is 26.2 Å². The molecule has 1 saturated heterocycles. The van der Waals surface area contributed by atoms with Gasteiger partial charge in [0.1, 0.15) is 12.6 Å². The lowest BCUT2D eigenvalue weighted by Gasteiger charge is -2.37. The molecule has 1 aliphatic heterocycles. The SMILES string of the molecule is Cc1cn(CC(=O)N[C@@H](CO)C(=O)N2CCN(c3ccc([N+](=O)[O-])cc3)CC2)c(=O)[nH]c1=O. The highest BCUT2D eigenvalue weighted by Gasteiger charge is 2.28. The van der Waals surface area contributed by atoms with Gasteiger partial charge in [0.2, 0.25) is 11.8 Å². The number of rotatable bonds is 7. The third-order valence-corrected chi connectivity index (χ3v) is 5.34. The topological polar surface area (TPSA) is 171 Å². The molecule has 13 heteroatoms.